The predicted octanol–water partition coefficient (Wildman–Crippen LogP) is 4.65. The van der Waals surface area contributed by atoms with Crippen LogP contribution in [0.15, 0.2) is 42.7 Å². The molecule has 1 aromatic carbocycles. The van der Waals surface area contributed by atoms with E-state index < -0.39 is 0 Å². The molecule has 0 radical (unpaired) electrons. The molecule has 0 unspecified atom stereocenters. The summed E-state index contributed by atoms with van der Waals surface area (Å²) >= 11 is 11.8. The summed E-state index contributed by atoms with van der Waals surface area (Å²) in [6, 6.07) is 9.34. The van der Waals surface area contributed by atoms with Gasteiger partial charge in [0.1, 0.15) is 5.75 Å². The molecule has 0 spiro atoms. The Morgan fingerprint density at radius 3 is 2.56 bits per heavy atom. The molecule has 0 amide bonds. The van der Waals surface area contributed by atoms with E-state index in [9.17, 15) is 0 Å². The summed E-state index contributed by atoms with van der Waals surface area (Å²) in [6.45, 7) is 1.69. The van der Waals surface area contributed by atoms with Crippen molar-refractivity contribution in [1.29, 1.82) is 0 Å². The van der Waals surface area contributed by atoms with Gasteiger partial charge in [-0.05, 0) is 43.2 Å². The number of aryl methyl sites for hydroxylation is 1. The molecule has 0 fully saturated rings. The first kappa shape index (κ1) is 13.3. The molecule has 0 atom stereocenters. The molecule has 0 aliphatic carbocycles. The summed E-state index contributed by atoms with van der Waals surface area (Å²) in [5, 5.41) is 1.19. The second-order valence-electron chi connectivity index (χ2n) is 4.05. The topological polar surface area (TPSA) is 14.2 Å². The van der Waals surface area contributed by atoms with Crippen molar-refractivity contribution in [1.82, 2.24) is 4.57 Å². The number of aromatic nitrogens is 1. The summed E-state index contributed by atoms with van der Waals surface area (Å²) in [5.41, 5.74) is 0. The zero-order valence-electron chi connectivity index (χ0n) is 9.98. The van der Waals surface area contributed by atoms with E-state index in [1.165, 1.54) is 0 Å². The summed E-state index contributed by atoms with van der Waals surface area (Å²) < 4.78 is 7.77. The maximum absolute atomic E-state index is 6.01. The molecule has 0 aliphatic heterocycles. The minimum atomic E-state index is 0.563. The second kappa shape index (κ2) is 6.72. The highest BCUT2D eigenvalue weighted by atomic mass is 35.5. The smallest absolute Gasteiger partial charge is 0.137 e. The monoisotopic (exact) mass is 283 g/mol. The zero-order valence-corrected chi connectivity index (χ0v) is 11.5. The normalized spacial score (nSPS) is 10.6. The highest BCUT2D eigenvalue weighted by Gasteiger charge is 2.01. The summed E-state index contributed by atoms with van der Waals surface area (Å²) in [5.74, 6) is 0.696. The van der Waals surface area contributed by atoms with E-state index in [0.717, 1.165) is 19.4 Å². The van der Waals surface area contributed by atoms with Crippen molar-refractivity contribution < 1.29 is 4.74 Å². The van der Waals surface area contributed by atoms with Crippen molar-refractivity contribution in [2.75, 3.05) is 6.61 Å². The number of ether oxygens (including phenoxy) is 1. The van der Waals surface area contributed by atoms with Crippen molar-refractivity contribution in [2.24, 2.45) is 0 Å². The van der Waals surface area contributed by atoms with Crippen LogP contribution in [-0.4, -0.2) is 11.2 Å². The van der Waals surface area contributed by atoms with Crippen LogP contribution in [0, 0.1) is 0 Å². The molecular weight excluding hydrogens is 269 g/mol. The average molecular weight is 284 g/mol. The molecule has 0 aliphatic rings. The number of nitrogens with zero attached hydrogens (tertiary/aromatic N) is 1. The molecule has 0 bridgehead atoms. The lowest BCUT2D eigenvalue weighted by molar-refractivity contribution is 0.303. The first-order valence-electron chi connectivity index (χ1n) is 5.94. The summed E-state index contributed by atoms with van der Waals surface area (Å²) in [6.07, 6.45) is 6.21. The van der Waals surface area contributed by atoms with E-state index in [-0.39, 0.29) is 0 Å². The van der Waals surface area contributed by atoms with Crippen LogP contribution >= 0.6 is 23.2 Å². The van der Waals surface area contributed by atoms with E-state index in [1.54, 1.807) is 18.2 Å². The number of unbranched alkanes of at least 4 members (excludes halogenated alkanes) is 1. The minimum absolute atomic E-state index is 0.563. The fourth-order valence-corrected chi connectivity index (χ4v) is 2.15. The summed E-state index contributed by atoms with van der Waals surface area (Å²) in [4.78, 5) is 0. The number of benzene rings is 1. The van der Waals surface area contributed by atoms with Crippen LogP contribution in [0.1, 0.15) is 12.8 Å². The average Bonchev–Trinajstić information content (AvgIpc) is 2.84. The molecular formula is C14H15Cl2NO. The molecule has 2 rings (SSSR count). The van der Waals surface area contributed by atoms with Crippen LogP contribution in [-0.2, 0) is 6.54 Å². The van der Waals surface area contributed by atoms with E-state index in [4.69, 9.17) is 27.9 Å². The van der Waals surface area contributed by atoms with Gasteiger partial charge in [-0.15, -0.1) is 0 Å². The standard InChI is InChI=1S/C14H15Cl2NO/c15-12-5-6-14(13(16)11-12)18-10-4-3-9-17-7-1-2-8-17/h1-2,5-8,11H,3-4,9-10H2. The lowest BCUT2D eigenvalue weighted by Gasteiger charge is -2.08. The van der Waals surface area contributed by atoms with Gasteiger partial charge in [0.05, 0.1) is 11.6 Å². The van der Waals surface area contributed by atoms with Crippen LogP contribution in [0.3, 0.4) is 0 Å². The van der Waals surface area contributed by atoms with E-state index >= 15 is 0 Å². The predicted molar refractivity (Wildman–Crippen MR) is 75.6 cm³/mol. The van der Waals surface area contributed by atoms with Crippen LogP contribution in [0.25, 0.3) is 0 Å². The Kier molecular flexibility index (Phi) is 4.97. The molecule has 4 heteroatoms. The van der Waals surface area contributed by atoms with Crippen LogP contribution in [0.5, 0.6) is 5.75 Å². The third-order valence-electron chi connectivity index (χ3n) is 2.63. The van der Waals surface area contributed by atoms with Crippen molar-refractivity contribution in [2.45, 2.75) is 19.4 Å². The van der Waals surface area contributed by atoms with Crippen molar-refractivity contribution in [3.63, 3.8) is 0 Å². The van der Waals surface area contributed by atoms with E-state index in [0.29, 0.717) is 22.4 Å². The molecule has 96 valence electrons. The Bertz CT molecular complexity index is 483. The quantitative estimate of drug-likeness (QED) is 0.704. The fraction of sp³-hybridized carbons (Fsp3) is 0.286. The largest absolute Gasteiger partial charge is 0.492 e. The highest BCUT2D eigenvalue weighted by Crippen LogP contribution is 2.27. The van der Waals surface area contributed by atoms with Crippen LogP contribution < -0.4 is 4.74 Å². The number of hydrogen-bond donors (Lipinski definition) is 0. The van der Waals surface area contributed by atoms with E-state index in [1.807, 2.05) is 12.1 Å². The first-order chi connectivity index (χ1) is 8.75. The van der Waals surface area contributed by atoms with Crippen molar-refractivity contribution in [3.8, 4) is 5.75 Å². The molecule has 2 aromatic rings. The lowest BCUT2D eigenvalue weighted by Crippen LogP contribution is -2.01. The van der Waals surface area contributed by atoms with Gasteiger partial charge >= 0.3 is 0 Å². The first-order valence-corrected chi connectivity index (χ1v) is 6.70. The lowest BCUT2D eigenvalue weighted by atomic mass is 10.3. The Morgan fingerprint density at radius 1 is 1.06 bits per heavy atom. The number of rotatable bonds is 6. The van der Waals surface area contributed by atoms with Gasteiger partial charge in [-0.2, -0.15) is 0 Å². The fourth-order valence-electron chi connectivity index (χ4n) is 1.69. The molecule has 0 saturated carbocycles. The molecule has 0 saturated heterocycles. The van der Waals surface area contributed by atoms with Crippen molar-refractivity contribution in [3.05, 3.63) is 52.8 Å². The van der Waals surface area contributed by atoms with Gasteiger partial charge in [0.25, 0.3) is 0 Å². The van der Waals surface area contributed by atoms with Crippen LogP contribution in [0.4, 0.5) is 0 Å². The van der Waals surface area contributed by atoms with Gasteiger partial charge in [0, 0.05) is 24.0 Å². The zero-order chi connectivity index (χ0) is 12.8. The maximum atomic E-state index is 6.01. The van der Waals surface area contributed by atoms with Crippen LogP contribution in [0.2, 0.25) is 10.0 Å². The van der Waals surface area contributed by atoms with Gasteiger partial charge < -0.3 is 9.30 Å². The van der Waals surface area contributed by atoms with E-state index in [2.05, 4.69) is 17.0 Å². The SMILES string of the molecule is Clc1ccc(OCCCCn2cccc2)c(Cl)c1. The molecule has 0 N–H and O–H groups in total. The Morgan fingerprint density at radius 2 is 1.83 bits per heavy atom. The third-order valence-corrected chi connectivity index (χ3v) is 3.16. The second-order valence-corrected chi connectivity index (χ2v) is 4.89. The Balaban J connectivity index is 1.69. The van der Waals surface area contributed by atoms with Gasteiger partial charge in [-0.1, -0.05) is 23.2 Å². The Labute approximate surface area is 117 Å². The molecule has 1 heterocycles. The Hall–Kier alpha value is -1.12. The minimum Gasteiger partial charge on any atom is -0.492 e. The summed E-state index contributed by atoms with van der Waals surface area (Å²) in [7, 11) is 0. The van der Waals surface area contributed by atoms with Gasteiger partial charge in [-0.25, -0.2) is 0 Å². The highest BCUT2D eigenvalue weighted by molar-refractivity contribution is 6.35. The number of hydrogen-bond acceptors (Lipinski definition) is 1. The molecule has 2 nitrogen and oxygen atoms in total. The molecule has 18 heavy (non-hydrogen) atoms. The third kappa shape index (κ3) is 3.97. The molecule has 1 aromatic heterocycles. The van der Waals surface area contributed by atoms with Gasteiger partial charge in [0.2, 0.25) is 0 Å². The van der Waals surface area contributed by atoms with Gasteiger partial charge in [0.15, 0.2) is 0 Å². The van der Waals surface area contributed by atoms with Gasteiger partial charge in [-0.3, -0.25) is 0 Å². The maximum Gasteiger partial charge on any atom is 0.137 e. The van der Waals surface area contributed by atoms with Crippen molar-refractivity contribution >= 4 is 23.2 Å². The number of halogens is 2.